The highest BCUT2D eigenvalue weighted by molar-refractivity contribution is 5.89. The Labute approximate surface area is 188 Å². The molecule has 4 rings (SSSR count). The number of hydrogen-bond donors (Lipinski definition) is 3. The van der Waals surface area contributed by atoms with E-state index in [1.807, 2.05) is 0 Å². The summed E-state index contributed by atoms with van der Waals surface area (Å²) in [5.41, 5.74) is 1.99. The Morgan fingerprint density at radius 2 is 1.97 bits per heavy atom. The van der Waals surface area contributed by atoms with Crippen molar-refractivity contribution in [1.82, 2.24) is 4.98 Å². The third kappa shape index (κ3) is 5.76. The molecule has 10 heteroatoms. The number of fused-ring (bicyclic) bond motifs is 1. The predicted molar refractivity (Wildman–Crippen MR) is 115 cm³/mol. The van der Waals surface area contributed by atoms with Crippen LogP contribution in [0.1, 0.15) is 26.7 Å². The molecule has 1 unspecified atom stereocenters. The first kappa shape index (κ1) is 23.3. The fourth-order valence-corrected chi connectivity index (χ4v) is 4.14. The molecule has 1 aromatic carbocycles. The lowest BCUT2D eigenvalue weighted by molar-refractivity contribution is -0.274. The number of nitrogens with zero attached hydrogens (tertiary/aromatic N) is 1. The van der Waals surface area contributed by atoms with E-state index in [2.05, 4.69) is 15.0 Å². The van der Waals surface area contributed by atoms with Crippen LogP contribution in [0.2, 0.25) is 0 Å². The van der Waals surface area contributed by atoms with Gasteiger partial charge in [0.15, 0.2) is 11.4 Å². The predicted octanol–water partition coefficient (Wildman–Crippen LogP) is 4.69. The van der Waals surface area contributed by atoms with E-state index in [1.165, 1.54) is 18.2 Å². The van der Waals surface area contributed by atoms with Crippen molar-refractivity contribution in [3.05, 3.63) is 42.6 Å². The highest BCUT2D eigenvalue weighted by Gasteiger charge is 2.38. The molecule has 0 saturated heterocycles. The number of alkyl halides is 3. The summed E-state index contributed by atoms with van der Waals surface area (Å²) < 4.78 is 53.5. The summed E-state index contributed by atoms with van der Waals surface area (Å²) in [4.78, 5) is 4.30. The molecule has 0 radical (unpaired) electrons. The summed E-state index contributed by atoms with van der Waals surface area (Å²) in [6.07, 6.45) is -2.32. The quantitative estimate of drug-likeness (QED) is 0.435. The van der Waals surface area contributed by atoms with Crippen LogP contribution in [0.15, 0.2) is 47.0 Å². The number of halogens is 3. The van der Waals surface area contributed by atoms with Gasteiger partial charge in [0.05, 0.1) is 17.8 Å². The molecule has 0 aliphatic heterocycles. The van der Waals surface area contributed by atoms with Gasteiger partial charge in [-0.1, -0.05) is 12.1 Å². The Hall–Kier alpha value is -2.82. The van der Waals surface area contributed by atoms with Crippen LogP contribution < -0.4 is 10.1 Å². The lowest BCUT2D eigenvalue weighted by Crippen LogP contribution is -2.38. The number of rotatable bonds is 7. The topological polar surface area (TPSA) is 97.0 Å². The minimum atomic E-state index is -4.79. The number of nitrogens with one attached hydrogen (secondary N) is 1. The van der Waals surface area contributed by atoms with Crippen LogP contribution in [0.5, 0.6) is 5.75 Å². The van der Waals surface area contributed by atoms with E-state index in [-0.39, 0.29) is 30.4 Å². The van der Waals surface area contributed by atoms with Crippen LogP contribution >= 0.6 is 0 Å². The van der Waals surface area contributed by atoms with E-state index in [4.69, 9.17) is 9.15 Å². The second-order valence-corrected chi connectivity index (χ2v) is 8.63. The molecule has 3 aromatic rings. The lowest BCUT2D eigenvalue weighted by atomic mass is 10.1. The number of aliphatic hydroxyl groups is 2. The molecule has 3 N–H and O–H groups in total. The summed E-state index contributed by atoms with van der Waals surface area (Å²) in [7, 11) is 0. The third-order valence-corrected chi connectivity index (χ3v) is 5.40. The summed E-state index contributed by atoms with van der Waals surface area (Å²) >= 11 is 0. The molecule has 0 spiro atoms. The molecule has 1 aliphatic rings. The van der Waals surface area contributed by atoms with E-state index >= 15 is 0 Å². The van der Waals surface area contributed by atoms with Crippen LogP contribution in [-0.4, -0.2) is 46.1 Å². The number of ether oxygens (including phenoxy) is 2. The van der Waals surface area contributed by atoms with Crippen molar-refractivity contribution in [3.8, 4) is 17.1 Å². The van der Waals surface area contributed by atoms with Gasteiger partial charge in [-0.2, -0.15) is 0 Å². The molecule has 0 amide bonds. The zero-order valence-corrected chi connectivity index (χ0v) is 18.1. The van der Waals surface area contributed by atoms with Gasteiger partial charge in [0.25, 0.3) is 0 Å². The van der Waals surface area contributed by atoms with Crippen LogP contribution in [0.4, 0.5) is 18.9 Å². The van der Waals surface area contributed by atoms with E-state index in [1.54, 1.807) is 38.2 Å². The van der Waals surface area contributed by atoms with Gasteiger partial charge in [-0.25, -0.2) is 0 Å². The van der Waals surface area contributed by atoms with E-state index in [0.29, 0.717) is 41.0 Å². The number of furan rings is 1. The molecule has 7 nitrogen and oxygen atoms in total. The van der Waals surface area contributed by atoms with Crippen LogP contribution in [0.3, 0.4) is 0 Å². The highest BCUT2D eigenvalue weighted by Crippen LogP contribution is 2.37. The Bertz CT molecular complexity index is 1110. The molecular weight excluding hydrogens is 441 g/mol. The van der Waals surface area contributed by atoms with Gasteiger partial charge in [-0.15, -0.1) is 13.2 Å². The molecule has 33 heavy (non-hydrogen) atoms. The average molecular weight is 466 g/mol. The highest BCUT2D eigenvalue weighted by atomic mass is 19.4. The van der Waals surface area contributed by atoms with Gasteiger partial charge >= 0.3 is 6.36 Å². The number of aliphatic hydroxyl groups excluding tert-OH is 1. The first-order valence-corrected chi connectivity index (χ1v) is 10.5. The first-order chi connectivity index (χ1) is 15.5. The molecule has 1 aliphatic carbocycles. The summed E-state index contributed by atoms with van der Waals surface area (Å²) in [5, 5.41) is 23.1. The zero-order valence-electron chi connectivity index (χ0n) is 18.1. The molecular formula is C23H25F3N2O5. The van der Waals surface area contributed by atoms with Gasteiger partial charge in [0.1, 0.15) is 17.0 Å². The van der Waals surface area contributed by atoms with Crippen molar-refractivity contribution in [3.63, 3.8) is 0 Å². The van der Waals surface area contributed by atoms with E-state index in [9.17, 15) is 23.4 Å². The van der Waals surface area contributed by atoms with E-state index < -0.39 is 12.1 Å². The maximum atomic E-state index is 12.6. The van der Waals surface area contributed by atoms with Crippen molar-refractivity contribution in [2.45, 2.75) is 51.0 Å². The van der Waals surface area contributed by atoms with Crippen molar-refractivity contribution in [2.75, 3.05) is 11.9 Å². The number of aromatic nitrogens is 1. The molecule has 178 valence electrons. The van der Waals surface area contributed by atoms with Gasteiger partial charge in [-0.05, 0) is 50.8 Å². The zero-order chi connectivity index (χ0) is 23.8. The van der Waals surface area contributed by atoms with Gasteiger partial charge in [0.2, 0.25) is 0 Å². The Morgan fingerprint density at radius 3 is 2.67 bits per heavy atom. The fourth-order valence-electron chi connectivity index (χ4n) is 4.14. The average Bonchev–Trinajstić information content (AvgIpc) is 3.30. The smallest absolute Gasteiger partial charge is 0.452 e. The van der Waals surface area contributed by atoms with Gasteiger partial charge < -0.3 is 29.4 Å². The SMILES string of the molecule is CC(C)(O)OC1C[C@@H](CO)C[C@H]1Nc1ccnc2cc(-c3cccc(OC(F)(F)F)c3)oc12. The largest absolute Gasteiger partial charge is 0.573 e. The van der Waals surface area contributed by atoms with Gasteiger partial charge in [0, 0.05) is 24.4 Å². The summed E-state index contributed by atoms with van der Waals surface area (Å²) in [6, 6.07) is 8.69. The third-order valence-electron chi connectivity index (χ3n) is 5.40. The second-order valence-electron chi connectivity index (χ2n) is 8.63. The summed E-state index contributed by atoms with van der Waals surface area (Å²) in [5.74, 6) is -1.32. The Morgan fingerprint density at radius 1 is 1.18 bits per heavy atom. The first-order valence-electron chi connectivity index (χ1n) is 10.5. The van der Waals surface area contributed by atoms with Crippen molar-refractivity contribution < 1.29 is 37.3 Å². The number of pyridine rings is 1. The molecule has 2 heterocycles. The fraction of sp³-hybridized carbons (Fsp3) is 0.435. The molecule has 1 fully saturated rings. The van der Waals surface area contributed by atoms with Crippen molar-refractivity contribution >= 4 is 16.8 Å². The maximum Gasteiger partial charge on any atom is 0.573 e. The molecule has 2 aromatic heterocycles. The Kier molecular flexibility index (Phi) is 6.26. The molecule has 1 saturated carbocycles. The second kappa shape index (κ2) is 8.85. The number of hydrogen-bond acceptors (Lipinski definition) is 7. The number of benzene rings is 1. The standard InChI is InChI=1S/C23H25F3N2O5/c1-22(2,30)33-20-9-13(12-29)8-17(20)28-16-6-7-27-18-11-19(31-21(16)18)14-4-3-5-15(10-14)32-23(24,25)26/h3-7,10-11,13,17,20,29-30H,8-9,12H2,1-2H3,(H,27,28)/t13-,17+,20?/m0/s1. The van der Waals surface area contributed by atoms with Crippen molar-refractivity contribution in [1.29, 1.82) is 0 Å². The maximum absolute atomic E-state index is 12.6. The Balaban J connectivity index is 1.61. The van der Waals surface area contributed by atoms with Crippen LogP contribution in [0, 0.1) is 5.92 Å². The molecule has 0 bridgehead atoms. The lowest BCUT2D eigenvalue weighted by Gasteiger charge is -2.28. The minimum Gasteiger partial charge on any atom is -0.452 e. The van der Waals surface area contributed by atoms with Crippen LogP contribution in [-0.2, 0) is 4.74 Å². The minimum absolute atomic E-state index is 0.0108. The van der Waals surface area contributed by atoms with Gasteiger partial charge in [-0.3, -0.25) is 4.98 Å². The monoisotopic (exact) mass is 466 g/mol. The molecule has 3 atom stereocenters. The van der Waals surface area contributed by atoms with Crippen LogP contribution in [0.25, 0.3) is 22.4 Å². The van der Waals surface area contributed by atoms with Crippen molar-refractivity contribution in [2.24, 2.45) is 5.92 Å². The number of anilines is 1. The normalized spacial score (nSPS) is 21.5. The summed E-state index contributed by atoms with van der Waals surface area (Å²) in [6.45, 7) is 3.11. The van der Waals surface area contributed by atoms with E-state index in [0.717, 1.165) is 0 Å².